The number of halogens is 1. The third-order valence-electron chi connectivity index (χ3n) is 4.28. The van der Waals surface area contributed by atoms with Crippen LogP contribution in [0.2, 0.25) is 5.02 Å². The Labute approximate surface area is 160 Å². The second-order valence-corrected chi connectivity index (χ2v) is 9.09. The number of nitrogens with zero attached hydrogens (tertiary/aromatic N) is 1. The molecule has 0 aliphatic carbocycles. The lowest BCUT2D eigenvalue weighted by Gasteiger charge is -2.31. The zero-order chi connectivity index (χ0) is 19.2. The van der Waals surface area contributed by atoms with Crippen molar-refractivity contribution in [3.05, 3.63) is 29.3 Å². The molecule has 1 N–H and O–H groups in total. The summed E-state index contributed by atoms with van der Waals surface area (Å²) < 4.78 is 32.4. The van der Waals surface area contributed by atoms with Gasteiger partial charge in [-0.1, -0.05) is 11.6 Å². The molecular weight excluding hydrogens is 376 g/mol. The molecule has 6 nitrogen and oxygen atoms in total. The van der Waals surface area contributed by atoms with Gasteiger partial charge in [0.2, 0.25) is 15.9 Å². The predicted octanol–water partition coefficient (Wildman–Crippen LogP) is 2.67. The lowest BCUT2D eigenvalue weighted by atomic mass is 9.99. The highest BCUT2D eigenvalue weighted by molar-refractivity contribution is 7.89. The molecule has 26 heavy (non-hydrogen) atoms. The minimum absolute atomic E-state index is 0.0921. The summed E-state index contributed by atoms with van der Waals surface area (Å²) in [6.07, 6.45) is 2.28. The average Bonchev–Trinajstić information content (AvgIpc) is 2.61. The Morgan fingerprint density at radius 3 is 2.69 bits per heavy atom. The average molecular weight is 403 g/mol. The molecule has 0 unspecified atom stereocenters. The van der Waals surface area contributed by atoms with Crippen molar-refractivity contribution in [1.82, 2.24) is 9.62 Å². The van der Waals surface area contributed by atoms with Gasteiger partial charge in [-0.15, -0.1) is 0 Å². The molecule has 0 saturated carbocycles. The molecule has 146 valence electrons. The minimum atomic E-state index is -3.61. The van der Waals surface area contributed by atoms with E-state index in [0.717, 1.165) is 6.42 Å². The highest BCUT2D eigenvalue weighted by Crippen LogP contribution is 2.24. The number of benzene rings is 1. The first-order valence-corrected chi connectivity index (χ1v) is 10.8. The standard InChI is InChI=1S/C18H27ClN2O4S/c1-14(2)25-12-4-10-20-18(22)15-5-3-11-21(13-15)26(23,24)17-8-6-16(19)7-9-17/h6-9,14-15H,3-5,10-13H2,1-2H3,(H,20,22)/t15-/m0/s1. The second kappa shape index (κ2) is 9.69. The van der Waals surface area contributed by atoms with E-state index in [1.165, 1.54) is 16.4 Å². The van der Waals surface area contributed by atoms with Crippen LogP contribution in [-0.4, -0.2) is 51.0 Å². The van der Waals surface area contributed by atoms with E-state index in [4.69, 9.17) is 16.3 Å². The maximum absolute atomic E-state index is 12.8. The Bertz CT molecular complexity index is 692. The summed E-state index contributed by atoms with van der Waals surface area (Å²) in [5, 5.41) is 3.37. The summed E-state index contributed by atoms with van der Waals surface area (Å²) in [7, 11) is -3.61. The zero-order valence-corrected chi connectivity index (χ0v) is 16.9. The Morgan fingerprint density at radius 2 is 2.04 bits per heavy atom. The van der Waals surface area contributed by atoms with Gasteiger partial charge < -0.3 is 10.1 Å². The third kappa shape index (κ3) is 5.94. The van der Waals surface area contributed by atoms with Crippen LogP contribution in [0.5, 0.6) is 0 Å². The molecule has 1 aliphatic rings. The first kappa shape index (κ1) is 21.2. The van der Waals surface area contributed by atoms with E-state index >= 15 is 0 Å². The summed E-state index contributed by atoms with van der Waals surface area (Å²) in [5.74, 6) is -0.414. The van der Waals surface area contributed by atoms with E-state index in [2.05, 4.69) is 5.32 Å². The van der Waals surface area contributed by atoms with Gasteiger partial charge in [-0.3, -0.25) is 4.79 Å². The maximum Gasteiger partial charge on any atom is 0.243 e. The summed E-state index contributed by atoms with van der Waals surface area (Å²) in [5.41, 5.74) is 0. The third-order valence-corrected chi connectivity index (χ3v) is 6.41. The van der Waals surface area contributed by atoms with Crippen molar-refractivity contribution in [1.29, 1.82) is 0 Å². The number of hydrogen-bond donors (Lipinski definition) is 1. The van der Waals surface area contributed by atoms with Gasteiger partial charge in [0, 0.05) is 31.3 Å². The number of nitrogens with one attached hydrogen (secondary N) is 1. The number of carbonyl (C=O) groups excluding carboxylic acids is 1. The van der Waals surface area contributed by atoms with Crippen molar-refractivity contribution >= 4 is 27.5 Å². The Hall–Kier alpha value is -1.15. The van der Waals surface area contributed by atoms with Crippen LogP contribution in [0.15, 0.2) is 29.2 Å². The van der Waals surface area contributed by atoms with Gasteiger partial charge in [0.1, 0.15) is 0 Å². The summed E-state index contributed by atoms with van der Waals surface area (Å²) in [6, 6.07) is 6.11. The van der Waals surface area contributed by atoms with Gasteiger partial charge in [-0.25, -0.2) is 8.42 Å². The van der Waals surface area contributed by atoms with Crippen LogP contribution in [0.1, 0.15) is 33.1 Å². The van der Waals surface area contributed by atoms with Gasteiger partial charge in [0.25, 0.3) is 0 Å². The van der Waals surface area contributed by atoms with Crippen molar-refractivity contribution < 1.29 is 17.9 Å². The summed E-state index contributed by atoms with van der Waals surface area (Å²) >= 11 is 5.83. The van der Waals surface area contributed by atoms with Crippen LogP contribution < -0.4 is 5.32 Å². The molecule has 1 aromatic rings. The van der Waals surface area contributed by atoms with E-state index in [0.29, 0.717) is 37.6 Å². The molecule has 1 heterocycles. The van der Waals surface area contributed by atoms with E-state index in [1.54, 1.807) is 12.1 Å². The van der Waals surface area contributed by atoms with Crippen LogP contribution >= 0.6 is 11.6 Å². The van der Waals surface area contributed by atoms with E-state index in [9.17, 15) is 13.2 Å². The van der Waals surface area contributed by atoms with Crippen molar-refractivity contribution in [3.63, 3.8) is 0 Å². The molecule has 0 aromatic heterocycles. The molecule has 1 fully saturated rings. The SMILES string of the molecule is CC(C)OCCCNC(=O)[C@H]1CCCN(S(=O)(=O)c2ccc(Cl)cc2)C1. The molecule has 8 heteroatoms. The molecule has 0 radical (unpaired) electrons. The smallest absolute Gasteiger partial charge is 0.243 e. The van der Waals surface area contributed by atoms with Crippen LogP contribution in [0, 0.1) is 5.92 Å². The molecule has 1 atom stereocenters. The van der Waals surface area contributed by atoms with Gasteiger partial charge in [0.05, 0.1) is 16.9 Å². The number of ether oxygens (including phenoxy) is 1. The quantitative estimate of drug-likeness (QED) is 0.678. The maximum atomic E-state index is 12.8. The lowest BCUT2D eigenvalue weighted by molar-refractivity contribution is -0.126. The number of hydrogen-bond acceptors (Lipinski definition) is 4. The second-order valence-electron chi connectivity index (χ2n) is 6.72. The van der Waals surface area contributed by atoms with Gasteiger partial charge in [0.15, 0.2) is 0 Å². The number of piperidine rings is 1. The Kier molecular flexibility index (Phi) is 7.88. The number of amides is 1. The van der Waals surface area contributed by atoms with E-state index < -0.39 is 10.0 Å². The highest BCUT2D eigenvalue weighted by Gasteiger charge is 2.33. The number of rotatable bonds is 8. The monoisotopic (exact) mass is 402 g/mol. The van der Waals surface area contributed by atoms with Crippen LogP contribution in [0.25, 0.3) is 0 Å². The van der Waals surface area contributed by atoms with E-state index in [1.807, 2.05) is 13.8 Å². The lowest BCUT2D eigenvalue weighted by Crippen LogP contribution is -2.45. The molecule has 1 aromatic carbocycles. The van der Waals surface area contributed by atoms with Gasteiger partial charge in [-0.05, 0) is 57.4 Å². The molecule has 1 amide bonds. The predicted molar refractivity (Wildman–Crippen MR) is 102 cm³/mol. The molecule has 0 spiro atoms. The van der Waals surface area contributed by atoms with Crippen LogP contribution in [0.3, 0.4) is 0 Å². The zero-order valence-electron chi connectivity index (χ0n) is 15.3. The highest BCUT2D eigenvalue weighted by atomic mass is 35.5. The first-order chi connectivity index (χ1) is 12.3. The minimum Gasteiger partial charge on any atom is -0.379 e. The molecule has 0 bridgehead atoms. The summed E-state index contributed by atoms with van der Waals surface area (Å²) in [6.45, 7) is 5.70. The largest absolute Gasteiger partial charge is 0.379 e. The summed E-state index contributed by atoms with van der Waals surface area (Å²) in [4.78, 5) is 12.6. The normalized spacial score (nSPS) is 18.8. The van der Waals surface area contributed by atoms with E-state index in [-0.39, 0.29) is 29.4 Å². The van der Waals surface area contributed by atoms with Crippen LogP contribution in [0.4, 0.5) is 0 Å². The van der Waals surface area contributed by atoms with Crippen molar-refractivity contribution in [2.75, 3.05) is 26.2 Å². The van der Waals surface area contributed by atoms with Gasteiger partial charge in [-0.2, -0.15) is 4.31 Å². The van der Waals surface area contributed by atoms with Crippen molar-refractivity contribution in [2.24, 2.45) is 5.92 Å². The fraction of sp³-hybridized carbons (Fsp3) is 0.611. The van der Waals surface area contributed by atoms with Crippen molar-refractivity contribution in [3.8, 4) is 0 Å². The fourth-order valence-corrected chi connectivity index (χ4v) is 4.53. The molecular formula is C18H27ClN2O4S. The van der Waals surface area contributed by atoms with Crippen molar-refractivity contribution in [2.45, 2.75) is 44.1 Å². The number of sulfonamides is 1. The number of carbonyl (C=O) groups is 1. The Balaban J connectivity index is 1.89. The molecule has 1 saturated heterocycles. The molecule has 2 rings (SSSR count). The van der Waals surface area contributed by atoms with Gasteiger partial charge >= 0.3 is 0 Å². The first-order valence-electron chi connectivity index (χ1n) is 8.95. The fourth-order valence-electron chi connectivity index (χ4n) is 2.88. The topological polar surface area (TPSA) is 75.7 Å². The Morgan fingerprint density at radius 1 is 1.35 bits per heavy atom. The molecule has 1 aliphatic heterocycles. The van der Waals surface area contributed by atoms with Crippen LogP contribution in [-0.2, 0) is 19.6 Å².